The molecule has 0 atom stereocenters. The molecule has 0 radical (unpaired) electrons. The van der Waals surface area contributed by atoms with E-state index in [1.807, 2.05) is 0 Å². The average Bonchev–Trinajstić information content (AvgIpc) is 1.77. The van der Waals surface area contributed by atoms with Crippen molar-refractivity contribution in [2.24, 2.45) is 0 Å². The number of nitrogens with one attached hydrogen (secondary N) is 1. The Morgan fingerprint density at radius 2 is 2.50 bits per heavy atom. The van der Waals surface area contributed by atoms with Crippen molar-refractivity contribution in [2.75, 3.05) is 5.73 Å². The fraction of sp³-hybridized carbons (Fsp3) is 0. The number of hydrogen-bond donors (Lipinski definition) is 2. The summed E-state index contributed by atoms with van der Waals surface area (Å²) in [5.74, 6) is 0. The molecule has 0 saturated heterocycles. The lowest BCUT2D eigenvalue weighted by molar-refractivity contribution is 0.860. The van der Waals surface area contributed by atoms with Crippen LogP contribution in [0.1, 0.15) is 0 Å². The van der Waals surface area contributed by atoms with Crippen molar-refractivity contribution < 1.29 is 0 Å². The molecule has 5 heteroatoms. The number of H-pyrrole nitrogens is 1. The summed E-state index contributed by atoms with van der Waals surface area (Å²) < 4.78 is 0.431. The second kappa shape index (κ2) is 1.87. The molecular formula is C3H4N4S. The topological polar surface area (TPSA) is 67.6 Å². The highest BCUT2D eigenvalue weighted by Gasteiger charge is 1.82. The van der Waals surface area contributed by atoms with E-state index in [2.05, 4.69) is 27.6 Å². The molecular weight excluding hydrogens is 124 g/mol. The Kier molecular flexibility index (Phi) is 1.21. The zero-order chi connectivity index (χ0) is 5.98. The Morgan fingerprint density at radius 1 is 1.75 bits per heavy atom. The molecule has 0 saturated carbocycles. The van der Waals surface area contributed by atoms with Crippen LogP contribution < -0.4 is 5.73 Å². The average molecular weight is 128 g/mol. The molecule has 0 spiro atoms. The van der Waals surface area contributed by atoms with Gasteiger partial charge in [-0.2, -0.15) is 0 Å². The Bertz CT molecular complexity index is 229. The maximum Gasteiger partial charge on any atom is 0.145 e. The molecule has 1 aromatic heterocycles. The number of hydrogen-bond acceptors (Lipinski definition) is 4. The fourth-order valence-electron chi connectivity index (χ4n) is 0.289. The summed E-state index contributed by atoms with van der Waals surface area (Å²) in [6, 6.07) is 0. The monoisotopic (exact) mass is 128 g/mol. The predicted molar refractivity (Wildman–Crippen MR) is 31.6 cm³/mol. The minimum absolute atomic E-state index is 0.431. The van der Waals surface area contributed by atoms with Crippen molar-refractivity contribution in [3.05, 3.63) is 10.8 Å². The van der Waals surface area contributed by atoms with E-state index in [4.69, 9.17) is 5.73 Å². The van der Waals surface area contributed by atoms with Crippen LogP contribution in [0.25, 0.3) is 0 Å². The van der Waals surface area contributed by atoms with E-state index in [0.29, 0.717) is 10.3 Å². The fourth-order valence-corrected chi connectivity index (χ4v) is 0.382. The first-order valence-electron chi connectivity index (χ1n) is 1.96. The highest BCUT2D eigenvalue weighted by Crippen LogP contribution is 1.93. The number of anilines is 1. The smallest absolute Gasteiger partial charge is 0.145 e. The molecule has 1 heterocycles. The van der Waals surface area contributed by atoms with Gasteiger partial charge in [-0.1, -0.05) is 17.4 Å². The van der Waals surface area contributed by atoms with Crippen LogP contribution in [0.2, 0.25) is 0 Å². The van der Waals surface area contributed by atoms with Gasteiger partial charge in [-0.3, -0.25) is 0 Å². The van der Waals surface area contributed by atoms with Crippen molar-refractivity contribution >= 4 is 17.9 Å². The minimum Gasteiger partial charge on any atom is -0.395 e. The lowest BCUT2D eigenvalue weighted by Crippen LogP contribution is -1.92. The van der Waals surface area contributed by atoms with Gasteiger partial charge in [0.2, 0.25) is 0 Å². The van der Waals surface area contributed by atoms with Gasteiger partial charge in [-0.25, -0.2) is 5.10 Å². The Labute approximate surface area is 50.7 Å². The van der Waals surface area contributed by atoms with Gasteiger partial charge < -0.3 is 5.73 Å². The van der Waals surface area contributed by atoms with Crippen molar-refractivity contribution in [3.63, 3.8) is 0 Å². The van der Waals surface area contributed by atoms with Gasteiger partial charge in [0.05, 0.1) is 11.9 Å². The SMILES string of the molecule is Nc1cnn[nH]c1=S. The van der Waals surface area contributed by atoms with E-state index in [1.54, 1.807) is 0 Å². The molecule has 4 nitrogen and oxygen atoms in total. The number of aromatic amines is 1. The first-order chi connectivity index (χ1) is 3.80. The van der Waals surface area contributed by atoms with E-state index < -0.39 is 0 Å². The molecule has 42 valence electrons. The van der Waals surface area contributed by atoms with Crippen molar-refractivity contribution in [1.29, 1.82) is 0 Å². The van der Waals surface area contributed by atoms with Gasteiger partial charge in [0.1, 0.15) is 4.64 Å². The zero-order valence-electron chi connectivity index (χ0n) is 3.96. The standard InChI is InChI=1S/C3H4N4S/c4-2-1-5-7-6-3(2)8/h1H,(H2,4,7)(H,5,6,8). The third-order valence-corrected chi connectivity index (χ3v) is 0.995. The molecule has 1 aromatic rings. The quantitative estimate of drug-likeness (QED) is 0.487. The summed E-state index contributed by atoms with van der Waals surface area (Å²) in [5, 5.41) is 9.26. The molecule has 1 rings (SSSR count). The van der Waals surface area contributed by atoms with Crippen molar-refractivity contribution in [2.45, 2.75) is 0 Å². The Balaban J connectivity index is 3.35. The van der Waals surface area contributed by atoms with Crippen LogP contribution in [-0.4, -0.2) is 15.4 Å². The third kappa shape index (κ3) is 0.812. The minimum atomic E-state index is 0.431. The molecule has 0 aromatic carbocycles. The summed E-state index contributed by atoms with van der Waals surface area (Å²) in [6.45, 7) is 0. The van der Waals surface area contributed by atoms with E-state index >= 15 is 0 Å². The number of nitrogens with two attached hydrogens (primary N) is 1. The maximum atomic E-state index is 5.28. The van der Waals surface area contributed by atoms with Crippen LogP contribution in [0.4, 0.5) is 5.69 Å². The second-order valence-electron chi connectivity index (χ2n) is 1.24. The highest BCUT2D eigenvalue weighted by atomic mass is 32.1. The summed E-state index contributed by atoms with van der Waals surface area (Å²) in [5.41, 5.74) is 5.74. The second-order valence-corrected chi connectivity index (χ2v) is 1.65. The highest BCUT2D eigenvalue weighted by molar-refractivity contribution is 7.71. The molecule has 8 heavy (non-hydrogen) atoms. The lowest BCUT2D eigenvalue weighted by atomic mass is 10.6. The van der Waals surface area contributed by atoms with E-state index in [0.717, 1.165) is 0 Å². The van der Waals surface area contributed by atoms with Crippen LogP contribution in [0.5, 0.6) is 0 Å². The van der Waals surface area contributed by atoms with Gasteiger partial charge in [-0.15, -0.1) is 5.10 Å². The molecule has 0 bridgehead atoms. The molecule has 0 amide bonds. The number of rotatable bonds is 0. The first-order valence-corrected chi connectivity index (χ1v) is 2.37. The normalized spacial score (nSPS) is 9.00. The van der Waals surface area contributed by atoms with Crippen LogP contribution in [-0.2, 0) is 0 Å². The summed E-state index contributed by atoms with van der Waals surface area (Å²) >= 11 is 4.67. The van der Waals surface area contributed by atoms with Crippen LogP contribution in [0, 0.1) is 4.64 Å². The van der Waals surface area contributed by atoms with Gasteiger partial charge in [0.25, 0.3) is 0 Å². The molecule has 0 aliphatic heterocycles. The molecule has 0 fully saturated rings. The van der Waals surface area contributed by atoms with Crippen LogP contribution in [0.15, 0.2) is 6.20 Å². The van der Waals surface area contributed by atoms with Gasteiger partial charge in [0.15, 0.2) is 0 Å². The van der Waals surface area contributed by atoms with Gasteiger partial charge >= 0.3 is 0 Å². The van der Waals surface area contributed by atoms with Gasteiger partial charge in [-0.05, 0) is 0 Å². The summed E-state index contributed by atoms with van der Waals surface area (Å²) in [6.07, 6.45) is 1.40. The largest absolute Gasteiger partial charge is 0.395 e. The lowest BCUT2D eigenvalue weighted by Gasteiger charge is -1.85. The van der Waals surface area contributed by atoms with Crippen molar-refractivity contribution in [3.8, 4) is 0 Å². The molecule has 0 aliphatic carbocycles. The van der Waals surface area contributed by atoms with Crippen molar-refractivity contribution in [1.82, 2.24) is 15.4 Å². The van der Waals surface area contributed by atoms with E-state index in [-0.39, 0.29) is 0 Å². The van der Waals surface area contributed by atoms with E-state index in [1.165, 1.54) is 6.20 Å². The summed E-state index contributed by atoms with van der Waals surface area (Å²) in [7, 11) is 0. The van der Waals surface area contributed by atoms with Crippen LogP contribution >= 0.6 is 12.2 Å². The summed E-state index contributed by atoms with van der Waals surface area (Å²) in [4.78, 5) is 0. The Morgan fingerprint density at radius 3 is 2.88 bits per heavy atom. The Hall–Kier alpha value is -0.970. The van der Waals surface area contributed by atoms with Crippen LogP contribution in [0.3, 0.4) is 0 Å². The van der Waals surface area contributed by atoms with Gasteiger partial charge in [0, 0.05) is 0 Å². The zero-order valence-corrected chi connectivity index (χ0v) is 4.77. The van der Waals surface area contributed by atoms with E-state index in [9.17, 15) is 0 Å². The first kappa shape index (κ1) is 5.17. The molecule has 3 N–H and O–H groups in total. The maximum absolute atomic E-state index is 5.28. The predicted octanol–water partition coefficient (Wildman–Crippen LogP) is 0.116. The molecule has 0 unspecified atom stereocenters. The number of nitrogens with zero attached hydrogens (tertiary/aromatic N) is 2. The molecule has 0 aliphatic rings. The number of aromatic nitrogens is 3. The number of nitrogen functional groups attached to an aromatic ring is 1. The third-order valence-electron chi connectivity index (χ3n) is 0.668.